The molecule has 0 atom stereocenters. The van der Waals surface area contributed by atoms with E-state index < -0.39 is 0 Å². The Hall–Kier alpha value is 0.100. The van der Waals surface area contributed by atoms with Crippen molar-refractivity contribution >= 4 is 14.2 Å². The smallest absolute Gasteiger partial charge is 0.120 e. The Bertz CT molecular complexity index is 199. The van der Waals surface area contributed by atoms with E-state index in [0.717, 1.165) is 24.0 Å². The first-order valence-electron chi connectivity index (χ1n) is 7.61. The molecule has 2 fully saturated rings. The van der Waals surface area contributed by atoms with Crippen molar-refractivity contribution in [2.24, 2.45) is 0 Å². The summed E-state index contributed by atoms with van der Waals surface area (Å²) in [5.74, 6) is 0. The normalized spacial score (nSPS) is 24.1. The zero-order valence-electron chi connectivity index (χ0n) is 11.1. The molecule has 0 saturated heterocycles. The number of carbonyl (C=O) groups excluding carboxylic acids is 1. The summed E-state index contributed by atoms with van der Waals surface area (Å²) in [6, 6.07) is 0. The van der Waals surface area contributed by atoms with E-state index in [9.17, 15) is 4.79 Å². The van der Waals surface area contributed by atoms with E-state index in [1.807, 2.05) is 0 Å². The molecule has 0 aromatic rings. The second-order valence-electron chi connectivity index (χ2n) is 5.78. The molecule has 0 N–H and O–H groups in total. The first-order chi connectivity index (χ1) is 8.42. The lowest BCUT2D eigenvalue weighted by atomic mass is 9.99. The SMILES string of the molecule is O=CCCP(C1CCCCC1)C1CCCCC1. The molecule has 2 aliphatic carbocycles. The monoisotopic (exact) mass is 254 g/mol. The molecule has 0 radical (unpaired) electrons. The minimum atomic E-state index is 0.166. The minimum absolute atomic E-state index is 0.166. The molecule has 0 heterocycles. The molecule has 17 heavy (non-hydrogen) atoms. The van der Waals surface area contributed by atoms with Crippen LogP contribution in [0.4, 0.5) is 0 Å². The largest absolute Gasteiger partial charge is 0.303 e. The van der Waals surface area contributed by atoms with Gasteiger partial charge in [0.05, 0.1) is 0 Å². The highest BCUT2D eigenvalue weighted by Gasteiger charge is 2.30. The first-order valence-corrected chi connectivity index (χ1v) is 9.27. The zero-order chi connectivity index (χ0) is 11.9. The highest BCUT2D eigenvalue weighted by atomic mass is 31.1. The predicted molar refractivity (Wildman–Crippen MR) is 76.2 cm³/mol. The Balaban J connectivity index is 1.92. The van der Waals surface area contributed by atoms with Crippen molar-refractivity contribution in [1.82, 2.24) is 0 Å². The average Bonchev–Trinajstić information content (AvgIpc) is 2.42. The number of aldehydes is 1. The fourth-order valence-electron chi connectivity index (χ4n) is 3.69. The summed E-state index contributed by atoms with van der Waals surface area (Å²) in [6.07, 6.45) is 17.9. The number of rotatable bonds is 5. The third-order valence-electron chi connectivity index (χ3n) is 4.59. The lowest BCUT2D eigenvalue weighted by molar-refractivity contribution is -0.107. The summed E-state index contributed by atoms with van der Waals surface area (Å²) in [7, 11) is 0.166. The fraction of sp³-hybridized carbons (Fsp3) is 0.933. The van der Waals surface area contributed by atoms with E-state index in [2.05, 4.69) is 0 Å². The van der Waals surface area contributed by atoms with Crippen LogP contribution in [0, 0.1) is 0 Å². The molecule has 0 aliphatic heterocycles. The van der Waals surface area contributed by atoms with Gasteiger partial charge in [0.1, 0.15) is 6.29 Å². The van der Waals surface area contributed by atoms with E-state index in [0.29, 0.717) is 0 Å². The van der Waals surface area contributed by atoms with Crippen LogP contribution >= 0.6 is 7.92 Å². The summed E-state index contributed by atoms with van der Waals surface area (Å²) in [6.45, 7) is 0. The highest BCUT2D eigenvalue weighted by Crippen LogP contribution is 2.55. The molecule has 2 heteroatoms. The standard InChI is InChI=1S/C15H27OP/c16-12-7-13-17(14-8-3-1-4-9-14)15-10-5-2-6-11-15/h12,14-15H,1-11,13H2. The number of hydrogen-bond donors (Lipinski definition) is 0. The first kappa shape index (κ1) is 13.5. The lowest BCUT2D eigenvalue weighted by Crippen LogP contribution is -2.22. The third kappa shape index (κ3) is 4.05. The van der Waals surface area contributed by atoms with Gasteiger partial charge in [-0.3, -0.25) is 0 Å². The Morgan fingerprint density at radius 2 is 1.29 bits per heavy atom. The van der Waals surface area contributed by atoms with Crippen LogP contribution in [0.1, 0.15) is 70.6 Å². The Morgan fingerprint density at radius 1 is 0.824 bits per heavy atom. The predicted octanol–water partition coefficient (Wildman–Crippen LogP) is 4.72. The van der Waals surface area contributed by atoms with E-state index in [1.54, 1.807) is 0 Å². The van der Waals surface area contributed by atoms with Crippen LogP contribution in [0.3, 0.4) is 0 Å². The Kier molecular flexibility index (Phi) is 5.98. The average molecular weight is 254 g/mol. The second kappa shape index (κ2) is 7.52. The van der Waals surface area contributed by atoms with Gasteiger partial charge in [0.2, 0.25) is 0 Å². The minimum Gasteiger partial charge on any atom is -0.303 e. The lowest BCUT2D eigenvalue weighted by Gasteiger charge is -2.38. The van der Waals surface area contributed by atoms with Gasteiger partial charge in [-0.15, -0.1) is 0 Å². The summed E-state index contributed by atoms with van der Waals surface area (Å²) >= 11 is 0. The summed E-state index contributed by atoms with van der Waals surface area (Å²) < 4.78 is 0. The quantitative estimate of drug-likeness (QED) is 0.512. The molecule has 2 aliphatic rings. The van der Waals surface area contributed by atoms with E-state index >= 15 is 0 Å². The van der Waals surface area contributed by atoms with Crippen LogP contribution < -0.4 is 0 Å². The molecule has 0 unspecified atom stereocenters. The highest BCUT2D eigenvalue weighted by molar-refractivity contribution is 7.59. The van der Waals surface area contributed by atoms with Gasteiger partial charge in [-0.25, -0.2) is 0 Å². The van der Waals surface area contributed by atoms with Crippen molar-refractivity contribution in [3.8, 4) is 0 Å². The summed E-state index contributed by atoms with van der Waals surface area (Å²) in [5, 5.41) is 0. The van der Waals surface area contributed by atoms with Crippen LogP contribution in [-0.2, 0) is 4.79 Å². The van der Waals surface area contributed by atoms with Gasteiger partial charge < -0.3 is 4.79 Å². The molecule has 0 bridgehead atoms. The number of carbonyl (C=O) groups is 1. The molecular weight excluding hydrogens is 227 g/mol. The molecule has 0 aromatic heterocycles. The van der Waals surface area contributed by atoms with Crippen molar-refractivity contribution in [1.29, 1.82) is 0 Å². The molecular formula is C15H27OP. The Morgan fingerprint density at radius 3 is 1.71 bits per heavy atom. The van der Waals surface area contributed by atoms with Crippen molar-refractivity contribution in [2.75, 3.05) is 6.16 Å². The molecule has 0 spiro atoms. The fourth-order valence-corrected chi connectivity index (χ4v) is 7.48. The van der Waals surface area contributed by atoms with Crippen molar-refractivity contribution in [3.05, 3.63) is 0 Å². The van der Waals surface area contributed by atoms with Gasteiger partial charge >= 0.3 is 0 Å². The summed E-state index contributed by atoms with van der Waals surface area (Å²) in [5.41, 5.74) is 2.03. The van der Waals surface area contributed by atoms with Gasteiger partial charge in [0.15, 0.2) is 0 Å². The van der Waals surface area contributed by atoms with Gasteiger partial charge in [0.25, 0.3) is 0 Å². The molecule has 98 valence electrons. The second-order valence-corrected chi connectivity index (χ2v) is 8.71. The third-order valence-corrected chi connectivity index (χ3v) is 8.28. The van der Waals surface area contributed by atoms with Gasteiger partial charge in [-0.1, -0.05) is 46.4 Å². The maximum Gasteiger partial charge on any atom is 0.120 e. The van der Waals surface area contributed by atoms with E-state index in [4.69, 9.17) is 0 Å². The van der Waals surface area contributed by atoms with Crippen LogP contribution in [0.15, 0.2) is 0 Å². The van der Waals surface area contributed by atoms with Crippen LogP contribution in [0.25, 0.3) is 0 Å². The van der Waals surface area contributed by atoms with Crippen LogP contribution in [0.2, 0.25) is 0 Å². The van der Waals surface area contributed by atoms with Gasteiger partial charge in [-0.05, 0) is 43.2 Å². The maximum atomic E-state index is 10.7. The van der Waals surface area contributed by atoms with Crippen LogP contribution in [0.5, 0.6) is 0 Å². The molecule has 1 nitrogen and oxygen atoms in total. The van der Waals surface area contributed by atoms with Gasteiger partial charge in [-0.2, -0.15) is 0 Å². The zero-order valence-corrected chi connectivity index (χ0v) is 12.0. The van der Waals surface area contributed by atoms with Crippen molar-refractivity contribution < 1.29 is 4.79 Å². The maximum absolute atomic E-state index is 10.7. The molecule has 0 aromatic carbocycles. The number of hydrogen-bond acceptors (Lipinski definition) is 1. The molecule has 0 amide bonds. The van der Waals surface area contributed by atoms with E-state index in [-0.39, 0.29) is 7.92 Å². The van der Waals surface area contributed by atoms with Crippen molar-refractivity contribution in [2.45, 2.75) is 81.9 Å². The topological polar surface area (TPSA) is 17.1 Å². The summed E-state index contributed by atoms with van der Waals surface area (Å²) in [4.78, 5) is 10.7. The molecule has 2 rings (SSSR count). The van der Waals surface area contributed by atoms with Crippen LogP contribution in [-0.4, -0.2) is 23.8 Å². The van der Waals surface area contributed by atoms with E-state index in [1.165, 1.54) is 70.4 Å². The van der Waals surface area contributed by atoms with Crippen molar-refractivity contribution in [3.63, 3.8) is 0 Å². The van der Waals surface area contributed by atoms with Gasteiger partial charge in [0, 0.05) is 6.42 Å². The Labute approximate surface area is 107 Å². The molecule has 2 saturated carbocycles.